The highest BCUT2D eigenvalue weighted by Gasteiger charge is 2.18. The fourth-order valence-electron chi connectivity index (χ4n) is 1.10. The van der Waals surface area contributed by atoms with E-state index in [2.05, 4.69) is 26.1 Å². The van der Waals surface area contributed by atoms with E-state index in [4.69, 9.17) is 10.5 Å². The number of rotatable bonds is 6. The van der Waals surface area contributed by atoms with Crippen LogP contribution < -0.4 is 11.1 Å². The lowest BCUT2D eigenvalue weighted by Crippen LogP contribution is -2.45. The molecule has 0 unspecified atom stereocenters. The van der Waals surface area contributed by atoms with Crippen LogP contribution >= 0.6 is 0 Å². The Bertz CT molecular complexity index is 138. The zero-order valence-corrected chi connectivity index (χ0v) is 9.61. The van der Waals surface area contributed by atoms with Crippen molar-refractivity contribution in [2.75, 3.05) is 19.8 Å². The van der Waals surface area contributed by atoms with Crippen LogP contribution in [0.4, 0.5) is 0 Å². The number of likely N-dealkylation sites (N-methyl/N-ethyl adjacent to an activating group) is 1. The van der Waals surface area contributed by atoms with Gasteiger partial charge >= 0.3 is 0 Å². The minimum Gasteiger partial charge on any atom is -0.378 e. The summed E-state index contributed by atoms with van der Waals surface area (Å²) in [6.07, 6.45) is 0. The van der Waals surface area contributed by atoms with Gasteiger partial charge in [0.15, 0.2) is 0 Å². The highest BCUT2D eigenvalue weighted by Crippen LogP contribution is 2.04. The van der Waals surface area contributed by atoms with Gasteiger partial charge in [-0.15, -0.1) is 0 Å². The van der Waals surface area contributed by atoms with E-state index in [1.54, 1.807) is 0 Å². The van der Waals surface area contributed by atoms with E-state index in [1.807, 2.05) is 13.8 Å². The van der Waals surface area contributed by atoms with Gasteiger partial charge < -0.3 is 15.8 Å². The lowest BCUT2D eigenvalue weighted by atomic mass is 10.1. The number of nitrogens with one attached hydrogen (secondary N) is 1. The second-order valence-corrected chi connectivity index (χ2v) is 4.90. The van der Waals surface area contributed by atoms with Gasteiger partial charge in [0.1, 0.15) is 0 Å². The Labute approximate surface area is 82.0 Å². The van der Waals surface area contributed by atoms with Crippen LogP contribution in [0.1, 0.15) is 34.6 Å². The summed E-state index contributed by atoms with van der Waals surface area (Å²) in [6, 6.07) is 0. The molecule has 0 aromatic rings. The first kappa shape index (κ1) is 12.9. The minimum atomic E-state index is -0.234. The summed E-state index contributed by atoms with van der Waals surface area (Å²) in [5.41, 5.74) is 5.60. The van der Waals surface area contributed by atoms with Gasteiger partial charge in [0.05, 0.1) is 13.2 Å². The van der Waals surface area contributed by atoms with Gasteiger partial charge in [0.25, 0.3) is 0 Å². The third-order valence-electron chi connectivity index (χ3n) is 1.59. The van der Waals surface area contributed by atoms with Gasteiger partial charge in [-0.1, -0.05) is 6.92 Å². The molecule has 0 rings (SSSR count). The molecular formula is C10H24N2O. The third-order valence-corrected chi connectivity index (χ3v) is 1.59. The summed E-state index contributed by atoms with van der Waals surface area (Å²) in [5.74, 6) is 0. The highest BCUT2D eigenvalue weighted by atomic mass is 16.5. The van der Waals surface area contributed by atoms with Crippen molar-refractivity contribution in [1.82, 2.24) is 5.32 Å². The van der Waals surface area contributed by atoms with Gasteiger partial charge in [0.2, 0.25) is 0 Å². The Hall–Kier alpha value is -0.120. The van der Waals surface area contributed by atoms with Crippen molar-refractivity contribution >= 4 is 0 Å². The molecule has 3 N–H and O–H groups in total. The van der Waals surface area contributed by atoms with E-state index < -0.39 is 0 Å². The van der Waals surface area contributed by atoms with Crippen molar-refractivity contribution in [2.45, 2.75) is 45.7 Å². The molecule has 13 heavy (non-hydrogen) atoms. The van der Waals surface area contributed by atoms with Crippen LogP contribution in [0.5, 0.6) is 0 Å². The van der Waals surface area contributed by atoms with Crippen molar-refractivity contribution < 1.29 is 4.74 Å². The van der Waals surface area contributed by atoms with Crippen LogP contribution in [-0.4, -0.2) is 30.8 Å². The summed E-state index contributed by atoms with van der Waals surface area (Å²) < 4.78 is 5.53. The standard InChI is InChI=1S/C10H24N2O/c1-6-12-10(4,5)8-13-7-9(2,3)11/h12H,6-8,11H2,1-5H3. The molecule has 3 heteroatoms. The van der Waals surface area contributed by atoms with E-state index in [0.29, 0.717) is 13.2 Å². The molecule has 0 aliphatic heterocycles. The smallest absolute Gasteiger partial charge is 0.0643 e. The predicted octanol–water partition coefficient (Wildman–Crippen LogP) is 1.13. The van der Waals surface area contributed by atoms with Crippen molar-refractivity contribution in [1.29, 1.82) is 0 Å². The van der Waals surface area contributed by atoms with Crippen LogP contribution in [-0.2, 0) is 4.74 Å². The van der Waals surface area contributed by atoms with Crippen molar-refractivity contribution in [3.05, 3.63) is 0 Å². The molecule has 0 heterocycles. The molecule has 3 nitrogen and oxygen atoms in total. The number of hydrogen-bond acceptors (Lipinski definition) is 3. The van der Waals surface area contributed by atoms with Crippen LogP contribution in [0.2, 0.25) is 0 Å². The summed E-state index contributed by atoms with van der Waals surface area (Å²) in [4.78, 5) is 0. The molecule has 0 saturated carbocycles. The molecule has 0 amide bonds. The topological polar surface area (TPSA) is 47.3 Å². The molecule has 0 aromatic carbocycles. The molecule has 0 aromatic heterocycles. The lowest BCUT2D eigenvalue weighted by Gasteiger charge is -2.27. The largest absolute Gasteiger partial charge is 0.378 e. The molecule has 0 saturated heterocycles. The zero-order valence-electron chi connectivity index (χ0n) is 9.61. The normalized spacial score (nSPS) is 13.4. The molecule has 0 fully saturated rings. The van der Waals surface area contributed by atoms with E-state index in [1.165, 1.54) is 0 Å². The van der Waals surface area contributed by atoms with E-state index >= 15 is 0 Å². The van der Waals surface area contributed by atoms with E-state index in [-0.39, 0.29) is 11.1 Å². The first-order chi connectivity index (χ1) is 5.77. The van der Waals surface area contributed by atoms with E-state index in [9.17, 15) is 0 Å². The van der Waals surface area contributed by atoms with Crippen LogP contribution in [0, 0.1) is 0 Å². The fourth-order valence-corrected chi connectivity index (χ4v) is 1.10. The molecule has 0 aliphatic rings. The average Bonchev–Trinajstić information content (AvgIpc) is 1.82. The summed E-state index contributed by atoms with van der Waals surface area (Å²) in [6.45, 7) is 12.5. The molecule has 0 bridgehead atoms. The van der Waals surface area contributed by atoms with Crippen molar-refractivity contribution in [2.24, 2.45) is 5.73 Å². The average molecular weight is 188 g/mol. The fraction of sp³-hybridized carbons (Fsp3) is 1.00. The Balaban J connectivity index is 3.63. The maximum Gasteiger partial charge on any atom is 0.0643 e. The van der Waals surface area contributed by atoms with Gasteiger partial charge in [-0.25, -0.2) is 0 Å². The van der Waals surface area contributed by atoms with Crippen molar-refractivity contribution in [3.63, 3.8) is 0 Å². The maximum atomic E-state index is 5.79. The monoisotopic (exact) mass is 188 g/mol. The second kappa shape index (κ2) is 4.94. The van der Waals surface area contributed by atoms with Gasteiger partial charge in [0, 0.05) is 11.1 Å². The minimum absolute atomic E-state index is 0.0417. The summed E-state index contributed by atoms with van der Waals surface area (Å²) >= 11 is 0. The molecule has 0 atom stereocenters. The molecular weight excluding hydrogens is 164 g/mol. The zero-order chi connectivity index (χ0) is 10.5. The molecule has 0 aliphatic carbocycles. The first-order valence-corrected chi connectivity index (χ1v) is 4.88. The first-order valence-electron chi connectivity index (χ1n) is 4.88. The van der Waals surface area contributed by atoms with Gasteiger partial charge in [-0.05, 0) is 34.2 Å². The molecule has 0 radical (unpaired) electrons. The number of hydrogen-bond donors (Lipinski definition) is 2. The van der Waals surface area contributed by atoms with E-state index in [0.717, 1.165) is 6.54 Å². The molecule has 0 spiro atoms. The number of ether oxygens (including phenoxy) is 1. The summed E-state index contributed by atoms with van der Waals surface area (Å²) in [7, 11) is 0. The SMILES string of the molecule is CCNC(C)(C)COCC(C)(C)N. The Morgan fingerprint density at radius 3 is 2.08 bits per heavy atom. The Kier molecular flexibility index (Phi) is 4.89. The van der Waals surface area contributed by atoms with Crippen LogP contribution in [0.3, 0.4) is 0 Å². The van der Waals surface area contributed by atoms with Crippen molar-refractivity contribution in [3.8, 4) is 0 Å². The number of nitrogens with two attached hydrogens (primary N) is 1. The van der Waals surface area contributed by atoms with Crippen LogP contribution in [0.25, 0.3) is 0 Å². The Morgan fingerprint density at radius 2 is 1.69 bits per heavy atom. The second-order valence-electron chi connectivity index (χ2n) is 4.90. The third kappa shape index (κ3) is 8.22. The highest BCUT2D eigenvalue weighted by molar-refractivity contribution is 4.77. The van der Waals surface area contributed by atoms with Gasteiger partial charge in [-0.3, -0.25) is 0 Å². The lowest BCUT2D eigenvalue weighted by molar-refractivity contribution is 0.0570. The Morgan fingerprint density at radius 1 is 1.15 bits per heavy atom. The van der Waals surface area contributed by atoms with Crippen LogP contribution in [0.15, 0.2) is 0 Å². The quantitative estimate of drug-likeness (QED) is 0.657. The predicted molar refractivity (Wildman–Crippen MR) is 56.8 cm³/mol. The summed E-state index contributed by atoms with van der Waals surface area (Å²) in [5, 5.41) is 3.34. The maximum absolute atomic E-state index is 5.79. The molecule has 80 valence electrons. The van der Waals surface area contributed by atoms with Gasteiger partial charge in [-0.2, -0.15) is 0 Å².